The number of halogens is 2. The second-order valence-electron chi connectivity index (χ2n) is 6.16. The van der Waals surface area contributed by atoms with Gasteiger partial charge in [0.15, 0.2) is 0 Å². The van der Waals surface area contributed by atoms with E-state index < -0.39 is 32.6 Å². The molecule has 2 heterocycles. The number of rotatable bonds is 4. The van der Waals surface area contributed by atoms with Crippen molar-refractivity contribution < 1.29 is 21.7 Å². The Kier molecular flexibility index (Phi) is 4.44. The molecule has 0 radical (unpaired) electrons. The Bertz CT molecular complexity index is 849. The highest BCUT2D eigenvalue weighted by molar-refractivity contribution is 7.89. The summed E-state index contributed by atoms with van der Waals surface area (Å²) in [7, 11) is -4.16. The summed E-state index contributed by atoms with van der Waals surface area (Å²) < 4.78 is 59.4. The van der Waals surface area contributed by atoms with Gasteiger partial charge in [-0.3, -0.25) is 0 Å². The first-order valence-electron chi connectivity index (χ1n) is 7.74. The Labute approximate surface area is 139 Å². The van der Waals surface area contributed by atoms with Gasteiger partial charge in [-0.15, -0.1) is 0 Å². The fourth-order valence-electron chi connectivity index (χ4n) is 2.86. The zero-order valence-electron chi connectivity index (χ0n) is 13.4. The molecule has 0 saturated carbocycles. The first-order valence-corrected chi connectivity index (χ1v) is 9.18. The van der Waals surface area contributed by atoms with Crippen molar-refractivity contribution in [2.45, 2.75) is 43.5 Å². The molecule has 0 unspecified atom stereocenters. The Morgan fingerprint density at radius 1 is 1.29 bits per heavy atom. The van der Waals surface area contributed by atoms with Gasteiger partial charge in [0.2, 0.25) is 10.0 Å². The quantitative estimate of drug-likeness (QED) is 0.840. The van der Waals surface area contributed by atoms with Crippen molar-refractivity contribution >= 4 is 10.0 Å². The lowest BCUT2D eigenvalue weighted by Gasteiger charge is -2.22. The summed E-state index contributed by atoms with van der Waals surface area (Å²) in [5.74, 6) is -0.983. The van der Waals surface area contributed by atoms with Gasteiger partial charge in [-0.25, -0.2) is 17.2 Å². The van der Waals surface area contributed by atoms with Crippen molar-refractivity contribution in [2.75, 3.05) is 6.54 Å². The van der Waals surface area contributed by atoms with E-state index in [1.807, 2.05) is 13.8 Å². The molecule has 0 aliphatic carbocycles. The maximum atomic E-state index is 14.0. The summed E-state index contributed by atoms with van der Waals surface area (Å²) in [6, 6.07) is 3.62. The van der Waals surface area contributed by atoms with Crippen LogP contribution in [0.1, 0.15) is 50.1 Å². The second kappa shape index (κ2) is 6.25. The molecular formula is C16H18F2N2O3S. The first kappa shape index (κ1) is 17.0. The Morgan fingerprint density at radius 2 is 2.04 bits per heavy atom. The molecule has 1 aliphatic rings. The minimum Gasteiger partial charge on any atom is -0.361 e. The van der Waals surface area contributed by atoms with Crippen LogP contribution >= 0.6 is 0 Å². The maximum absolute atomic E-state index is 14.0. The van der Waals surface area contributed by atoms with Crippen LogP contribution in [0.2, 0.25) is 0 Å². The van der Waals surface area contributed by atoms with E-state index in [4.69, 9.17) is 4.52 Å². The lowest BCUT2D eigenvalue weighted by atomic mass is 10.1. The van der Waals surface area contributed by atoms with E-state index >= 15 is 0 Å². The molecule has 1 aromatic carbocycles. The zero-order chi connectivity index (χ0) is 17.5. The van der Waals surface area contributed by atoms with Crippen molar-refractivity contribution in [2.24, 2.45) is 0 Å². The highest BCUT2D eigenvalue weighted by Crippen LogP contribution is 2.37. The molecule has 130 valence electrons. The van der Waals surface area contributed by atoms with Gasteiger partial charge in [0.1, 0.15) is 28.0 Å². The van der Waals surface area contributed by atoms with Crippen LogP contribution in [0.5, 0.6) is 0 Å². The second-order valence-corrected chi connectivity index (χ2v) is 8.02. The van der Waals surface area contributed by atoms with Crippen molar-refractivity contribution in [1.82, 2.24) is 9.46 Å². The zero-order valence-corrected chi connectivity index (χ0v) is 14.2. The van der Waals surface area contributed by atoms with Gasteiger partial charge >= 0.3 is 0 Å². The van der Waals surface area contributed by atoms with Crippen molar-refractivity contribution in [3.8, 4) is 0 Å². The van der Waals surface area contributed by atoms with Gasteiger partial charge in [0, 0.05) is 18.5 Å². The molecule has 1 fully saturated rings. The fraction of sp³-hybridized carbons (Fsp3) is 0.438. The number of hydrogen-bond donors (Lipinski definition) is 0. The molecule has 24 heavy (non-hydrogen) atoms. The van der Waals surface area contributed by atoms with Crippen LogP contribution in [0.15, 0.2) is 33.7 Å². The Balaban J connectivity index is 1.98. The molecule has 0 amide bonds. The van der Waals surface area contributed by atoms with Crippen LogP contribution in [-0.4, -0.2) is 24.4 Å². The minimum atomic E-state index is -4.16. The average Bonchev–Trinajstić information content (AvgIpc) is 3.17. The molecule has 3 rings (SSSR count). The minimum absolute atomic E-state index is 0.123. The van der Waals surface area contributed by atoms with Crippen LogP contribution in [0.3, 0.4) is 0 Å². The van der Waals surface area contributed by atoms with Gasteiger partial charge in [-0.05, 0) is 31.0 Å². The van der Waals surface area contributed by atoms with Gasteiger partial charge < -0.3 is 4.52 Å². The number of nitrogens with zero attached hydrogens (tertiary/aromatic N) is 2. The topological polar surface area (TPSA) is 63.4 Å². The summed E-state index contributed by atoms with van der Waals surface area (Å²) in [5, 5.41) is 3.97. The summed E-state index contributed by atoms with van der Waals surface area (Å²) in [5.41, 5.74) is 0.497. The number of benzene rings is 1. The van der Waals surface area contributed by atoms with Gasteiger partial charge in [-0.2, -0.15) is 4.31 Å². The van der Waals surface area contributed by atoms with Gasteiger partial charge in [0.25, 0.3) is 0 Å². The molecular weight excluding hydrogens is 338 g/mol. The van der Waals surface area contributed by atoms with Crippen molar-refractivity contribution in [3.05, 3.63) is 47.4 Å². The van der Waals surface area contributed by atoms with E-state index in [9.17, 15) is 17.2 Å². The maximum Gasteiger partial charge on any atom is 0.246 e. The largest absolute Gasteiger partial charge is 0.361 e. The third-order valence-corrected chi connectivity index (χ3v) is 6.06. The molecule has 1 aromatic heterocycles. The number of hydrogen-bond acceptors (Lipinski definition) is 4. The van der Waals surface area contributed by atoms with Gasteiger partial charge in [-0.1, -0.05) is 19.0 Å². The lowest BCUT2D eigenvalue weighted by Crippen LogP contribution is -2.31. The van der Waals surface area contributed by atoms with Crippen LogP contribution < -0.4 is 0 Å². The Hall–Kier alpha value is -1.80. The van der Waals surface area contributed by atoms with E-state index in [0.29, 0.717) is 30.4 Å². The first-order chi connectivity index (χ1) is 11.3. The van der Waals surface area contributed by atoms with Crippen LogP contribution in [0.25, 0.3) is 0 Å². The average molecular weight is 356 g/mol. The highest BCUT2D eigenvalue weighted by atomic mass is 32.2. The predicted molar refractivity (Wildman–Crippen MR) is 82.8 cm³/mol. The van der Waals surface area contributed by atoms with Crippen LogP contribution in [0, 0.1) is 11.6 Å². The molecule has 5 nitrogen and oxygen atoms in total. The molecule has 8 heteroatoms. The van der Waals surface area contributed by atoms with Gasteiger partial charge in [0.05, 0.1) is 6.04 Å². The normalized spacial score (nSPS) is 19.3. The highest BCUT2D eigenvalue weighted by Gasteiger charge is 2.39. The monoisotopic (exact) mass is 356 g/mol. The van der Waals surface area contributed by atoms with Crippen molar-refractivity contribution in [3.63, 3.8) is 0 Å². The van der Waals surface area contributed by atoms with E-state index in [1.54, 1.807) is 6.07 Å². The molecule has 0 bridgehead atoms. The fourth-order valence-corrected chi connectivity index (χ4v) is 4.60. The van der Waals surface area contributed by atoms with Crippen molar-refractivity contribution in [1.29, 1.82) is 0 Å². The summed E-state index contributed by atoms with van der Waals surface area (Å²) >= 11 is 0. The molecule has 1 atom stereocenters. The Morgan fingerprint density at radius 3 is 2.71 bits per heavy atom. The molecule has 1 aliphatic heterocycles. The summed E-state index contributed by atoms with van der Waals surface area (Å²) in [6.45, 7) is 4.11. The van der Waals surface area contributed by atoms with E-state index in [-0.39, 0.29) is 12.5 Å². The summed E-state index contributed by atoms with van der Waals surface area (Å²) in [4.78, 5) is -0.651. The van der Waals surface area contributed by atoms with E-state index in [0.717, 1.165) is 12.1 Å². The third-order valence-electron chi connectivity index (χ3n) is 4.14. The van der Waals surface area contributed by atoms with E-state index in [2.05, 4.69) is 5.16 Å². The number of sulfonamides is 1. The smallest absolute Gasteiger partial charge is 0.246 e. The molecule has 0 N–H and O–H groups in total. The lowest BCUT2D eigenvalue weighted by molar-refractivity contribution is 0.337. The summed E-state index contributed by atoms with van der Waals surface area (Å²) in [6.07, 6.45) is 1.17. The SMILES string of the molecule is CC(C)c1cc([C@H]2CCCN2S(=O)(=O)c2cc(F)ccc2F)no1. The van der Waals surface area contributed by atoms with Crippen LogP contribution in [0.4, 0.5) is 8.78 Å². The number of aromatic nitrogens is 1. The van der Waals surface area contributed by atoms with E-state index in [1.165, 1.54) is 4.31 Å². The molecule has 2 aromatic rings. The van der Waals surface area contributed by atoms with Crippen LogP contribution in [-0.2, 0) is 10.0 Å². The molecule has 0 spiro atoms. The third kappa shape index (κ3) is 2.95. The predicted octanol–water partition coefficient (Wildman–Crippen LogP) is 3.60. The molecule has 1 saturated heterocycles. The standard InChI is InChI=1S/C16H18F2N2O3S/c1-10(2)15-9-13(19-23-15)14-4-3-7-20(14)24(21,22)16-8-11(17)5-6-12(16)18/h5-6,8-10,14H,3-4,7H2,1-2H3/t14-/m1/s1.